The van der Waals surface area contributed by atoms with Crippen molar-refractivity contribution in [2.45, 2.75) is 103 Å². The number of hydrogen-bond acceptors (Lipinski definition) is 5. The summed E-state index contributed by atoms with van der Waals surface area (Å²) in [4.78, 5) is 52.2. The number of hydrogen-bond donors (Lipinski definition) is 3. The molecule has 206 valence electrons. The average Bonchev–Trinajstić information content (AvgIpc) is 3.26. The highest BCUT2D eigenvalue weighted by Crippen LogP contribution is 2.50. The molecular formula is C25H36F3N5O4. The van der Waals surface area contributed by atoms with Crippen LogP contribution in [0.1, 0.15) is 73.1 Å². The third-order valence-corrected chi connectivity index (χ3v) is 7.74. The van der Waals surface area contributed by atoms with E-state index in [1.807, 2.05) is 25.2 Å². The van der Waals surface area contributed by atoms with Crippen LogP contribution in [0.3, 0.4) is 0 Å². The Hall–Kier alpha value is -2.84. The first-order valence-corrected chi connectivity index (χ1v) is 12.6. The van der Waals surface area contributed by atoms with Gasteiger partial charge in [0.2, 0.25) is 17.7 Å². The molecule has 2 aliphatic heterocycles. The quantitative estimate of drug-likeness (QED) is 0.487. The highest BCUT2D eigenvalue weighted by Gasteiger charge is 2.54. The summed E-state index contributed by atoms with van der Waals surface area (Å²) in [7, 11) is 0. The molecule has 0 radical (unpaired) electrons. The van der Waals surface area contributed by atoms with Gasteiger partial charge in [0, 0.05) is 18.0 Å². The van der Waals surface area contributed by atoms with Crippen molar-refractivity contribution in [1.29, 1.82) is 5.26 Å². The SMILES string of the molecule is CC1(C)CC(CC(C#N)NC(=O)C2CC3(CCC3)CN2C(=O)C(NC(=O)C(F)(F)F)C(C)(C)C)C(=O)N1. The number of nitrogens with zero attached hydrogens (tertiary/aromatic N) is 2. The van der Waals surface area contributed by atoms with Gasteiger partial charge >= 0.3 is 12.1 Å². The molecule has 4 unspecified atom stereocenters. The molecule has 0 bridgehead atoms. The van der Waals surface area contributed by atoms with Crippen LogP contribution in [-0.2, 0) is 19.2 Å². The van der Waals surface area contributed by atoms with E-state index >= 15 is 0 Å². The Morgan fingerprint density at radius 1 is 1.16 bits per heavy atom. The summed E-state index contributed by atoms with van der Waals surface area (Å²) in [5.41, 5.74) is -1.79. The van der Waals surface area contributed by atoms with Crippen LogP contribution in [0.2, 0.25) is 0 Å². The molecule has 12 heteroatoms. The first kappa shape index (κ1) is 28.7. The average molecular weight is 528 g/mol. The van der Waals surface area contributed by atoms with Gasteiger partial charge < -0.3 is 20.9 Å². The largest absolute Gasteiger partial charge is 0.471 e. The molecule has 3 rings (SSSR count). The molecule has 3 aliphatic rings. The zero-order valence-electron chi connectivity index (χ0n) is 21.9. The number of nitrogens with one attached hydrogen (secondary N) is 3. The lowest BCUT2D eigenvalue weighted by molar-refractivity contribution is -0.176. The lowest BCUT2D eigenvalue weighted by atomic mass is 9.67. The Labute approximate surface area is 214 Å². The second kappa shape index (κ2) is 9.80. The predicted molar refractivity (Wildman–Crippen MR) is 126 cm³/mol. The van der Waals surface area contributed by atoms with E-state index in [0.717, 1.165) is 19.3 Å². The molecule has 4 atom stereocenters. The zero-order chi connectivity index (χ0) is 28.0. The Morgan fingerprint density at radius 2 is 1.78 bits per heavy atom. The third-order valence-electron chi connectivity index (χ3n) is 7.74. The summed E-state index contributed by atoms with van der Waals surface area (Å²) in [6, 6.07) is -1.47. The molecule has 4 amide bonds. The van der Waals surface area contributed by atoms with Crippen LogP contribution in [0, 0.1) is 28.1 Å². The van der Waals surface area contributed by atoms with E-state index < -0.39 is 58.9 Å². The van der Waals surface area contributed by atoms with Gasteiger partial charge in [-0.15, -0.1) is 0 Å². The van der Waals surface area contributed by atoms with Gasteiger partial charge in [0.25, 0.3) is 0 Å². The molecule has 1 aliphatic carbocycles. The molecule has 0 aromatic carbocycles. The maximum Gasteiger partial charge on any atom is 0.471 e. The third kappa shape index (κ3) is 6.36. The van der Waals surface area contributed by atoms with Crippen molar-refractivity contribution in [3.05, 3.63) is 0 Å². The topological polar surface area (TPSA) is 131 Å². The first-order chi connectivity index (χ1) is 16.9. The summed E-state index contributed by atoms with van der Waals surface area (Å²) in [5.74, 6) is -4.22. The molecule has 1 saturated carbocycles. The molecule has 1 spiro atoms. The maximum atomic E-state index is 13.6. The Balaban J connectivity index is 1.79. The number of carbonyl (C=O) groups excluding carboxylic acids is 4. The standard InChI is InChI=1S/C25H36F3N5O4/c1-22(2,3)17(31-21(37)25(26,27)28)20(36)33-13-24(7-6-8-24)11-16(33)19(35)30-15(12-29)9-14-10-23(4,5)32-18(14)34/h14-17H,6-11,13H2,1-5H3,(H,30,35)(H,31,37)(H,32,34). The van der Waals surface area contributed by atoms with E-state index in [1.165, 1.54) is 25.7 Å². The van der Waals surface area contributed by atoms with Crippen molar-refractivity contribution in [3.8, 4) is 6.07 Å². The predicted octanol–water partition coefficient (Wildman–Crippen LogP) is 2.16. The van der Waals surface area contributed by atoms with Crippen molar-refractivity contribution >= 4 is 23.6 Å². The fourth-order valence-corrected chi connectivity index (χ4v) is 5.67. The maximum absolute atomic E-state index is 13.6. The summed E-state index contributed by atoms with van der Waals surface area (Å²) >= 11 is 0. The van der Waals surface area contributed by atoms with E-state index in [-0.39, 0.29) is 24.3 Å². The van der Waals surface area contributed by atoms with Gasteiger partial charge in [0.05, 0.1) is 6.07 Å². The molecule has 3 fully saturated rings. The molecule has 9 nitrogen and oxygen atoms in total. The van der Waals surface area contributed by atoms with E-state index in [4.69, 9.17) is 0 Å². The molecule has 3 N–H and O–H groups in total. The number of carbonyl (C=O) groups is 4. The zero-order valence-corrected chi connectivity index (χ0v) is 21.9. The Bertz CT molecular complexity index is 994. The van der Waals surface area contributed by atoms with Crippen LogP contribution in [0.25, 0.3) is 0 Å². The van der Waals surface area contributed by atoms with Crippen molar-refractivity contribution < 1.29 is 32.3 Å². The van der Waals surface area contributed by atoms with E-state index in [1.54, 1.807) is 0 Å². The summed E-state index contributed by atoms with van der Waals surface area (Å²) < 4.78 is 39.0. The minimum Gasteiger partial charge on any atom is -0.351 e. The molecule has 0 aromatic heterocycles. The molecule has 2 saturated heterocycles. The number of alkyl halides is 3. The van der Waals surface area contributed by atoms with Crippen molar-refractivity contribution in [2.75, 3.05) is 6.54 Å². The number of likely N-dealkylation sites (tertiary alicyclic amines) is 1. The van der Waals surface area contributed by atoms with Gasteiger partial charge in [0.1, 0.15) is 18.1 Å². The summed E-state index contributed by atoms with van der Waals surface area (Å²) in [5, 5.41) is 17.0. The lowest BCUT2D eigenvalue weighted by Crippen LogP contribution is -2.59. The van der Waals surface area contributed by atoms with Gasteiger partial charge in [-0.1, -0.05) is 27.2 Å². The van der Waals surface area contributed by atoms with E-state index in [0.29, 0.717) is 12.8 Å². The molecule has 2 heterocycles. The summed E-state index contributed by atoms with van der Waals surface area (Å²) in [6.45, 7) is 8.54. The monoisotopic (exact) mass is 527 g/mol. The van der Waals surface area contributed by atoms with Crippen LogP contribution in [0.4, 0.5) is 13.2 Å². The number of amides is 4. The Morgan fingerprint density at radius 3 is 2.22 bits per heavy atom. The van der Waals surface area contributed by atoms with Crippen LogP contribution >= 0.6 is 0 Å². The van der Waals surface area contributed by atoms with Gasteiger partial charge in [-0.25, -0.2) is 0 Å². The lowest BCUT2D eigenvalue weighted by Gasteiger charge is -2.39. The van der Waals surface area contributed by atoms with Gasteiger partial charge in [-0.05, 0) is 56.8 Å². The van der Waals surface area contributed by atoms with Gasteiger partial charge in [0.15, 0.2) is 0 Å². The van der Waals surface area contributed by atoms with Crippen molar-refractivity contribution in [3.63, 3.8) is 0 Å². The Kier molecular flexibility index (Phi) is 7.61. The fourth-order valence-electron chi connectivity index (χ4n) is 5.67. The minimum absolute atomic E-state index is 0.107. The second-order valence-corrected chi connectivity index (χ2v) is 12.5. The fraction of sp³-hybridized carbons (Fsp3) is 0.800. The normalized spacial score (nSPS) is 26.0. The number of halogens is 3. The van der Waals surface area contributed by atoms with Gasteiger partial charge in [-0.3, -0.25) is 19.2 Å². The van der Waals surface area contributed by atoms with Crippen LogP contribution in [0.15, 0.2) is 0 Å². The second-order valence-electron chi connectivity index (χ2n) is 12.5. The highest BCUT2D eigenvalue weighted by atomic mass is 19.4. The minimum atomic E-state index is -5.16. The van der Waals surface area contributed by atoms with Crippen molar-refractivity contribution in [2.24, 2.45) is 16.7 Å². The van der Waals surface area contributed by atoms with E-state index in [9.17, 15) is 37.6 Å². The van der Waals surface area contributed by atoms with Gasteiger partial charge in [-0.2, -0.15) is 18.4 Å². The molecular weight excluding hydrogens is 491 g/mol. The highest BCUT2D eigenvalue weighted by molar-refractivity contribution is 5.94. The molecule has 0 aromatic rings. The van der Waals surface area contributed by atoms with E-state index in [2.05, 4.69) is 10.6 Å². The van der Waals surface area contributed by atoms with Crippen LogP contribution in [-0.4, -0.2) is 64.9 Å². The number of nitriles is 1. The van der Waals surface area contributed by atoms with Crippen LogP contribution < -0.4 is 16.0 Å². The van der Waals surface area contributed by atoms with Crippen molar-refractivity contribution in [1.82, 2.24) is 20.9 Å². The molecule has 37 heavy (non-hydrogen) atoms. The summed E-state index contributed by atoms with van der Waals surface area (Å²) in [6.07, 6.45) is -1.77. The first-order valence-electron chi connectivity index (χ1n) is 12.6. The van der Waals surface area contributed by atoms with Crippen LogP contribution in [0.5, 0.6) is 0 Å². The smallest absolute Gasteiger partial charge is 0.351 e. The number of rotatable bonds is 6.